The summed E-state index contributed by atoms with van der Waals surface area (Å²) in [6.45, 7) is 4.10. The van der Waals surface area contributed by atoms with Crippen LogP contribution >= 0.6 is 11.6 Å². The van der Waals surface area contributed by atoms with Crippen molar-refractivity contribution in [1.82, 2.24) is 5.32 Å². The smallest absolute Gasteiger partial charge is 0.305 e. The molecule has 0 spiro atoms. The normalized spacial score (nSPS) is 29.6. The van der Waals surface area contributed by atoms with Crippen molar-refractivity contribution in [3.05, 3.63) is 144 Å². The number of hydrogen-bond acceptors (Lipinski definition) is 16. The van der Waals surface area contributed by atoms with Crippen molar-refractivity contribution < 1.29 is 77.0 Å². The summed E-state index contributed by atoms with van der Waals surface area (Å²) < 4.78 is 72.1. The Morgan fingerprint density at radius 3 is 1.59 bits per heavy atom. The van der Waals surface area contributed by atoms with E-state index in [1.54, 1.807) is 0 Å². The number of ether oxygens (including phenoxy) is 11. The van der Waals surface area contributed by atoms with Crippen molar-refractivity contribution in [2.24, 2.45) is 0 Å². The number of unbranched alkanes of at least 4 members (excludes halogenated alkanes) is 5. The first-order valence-electron chi connectivity index (χ1n) is 26.4. The predicted octanol–water partition coefficient (Wildman–Crippen LogP) is 6.67. The van der Waals surface area contributed by atoms with Gasteiger partial charge in [-0.1, -0.05) is 147 Å². The van der Waals surface area contributed by atoms with Crippen LogP contribution in [-0.2, 0) is 88.1 Å². The fourth-order valence-electron chi connectivity index (χ4n) is 9.59. The molecule has 17 nitrogen and oxygen atoms in total. The lowest BCUT2D eigenvalue weighted by Gasteiger charge is -2.51. The lowest BCUT2D eigenvalue weighted by atomic mass is 9.94. The van der Waals surface area contributed by atoms with Gasteiger partial charge in [-0.3, -0.25) is 9.59 Å². The first-order chi connectivity index (χ1) is 37.0. The summed E-state index contributed by atoms with van der Waals surface area (Å²) in [5, 5.41) is 36.5. The van der Waals surface area contributed by atoms with Crippen molar-refractivity contribution >= 4 is 23.5 Å². The van der Waals surface area contributed by atoms with E-state index in [2.05, 4.69) is 5.32 Å². The van der Waals surface area contributed by atoms with Crippen molar-refractivity contribution in [1.29, 1.82) is 0 Å². The summed E-state index contributed by atoms with van der Waals surface area (Å²) in [4.78, 5) is 25.1. The second kappa shape index (κ2) is 31.3. The maximum atomic E-state index is 13.5. The van der Waals surface area contributed by atoms with Gasteiger partial charge in [0.2, 0.25) is 5.91 Å². The fraction of sp³-hybridized carbons (Fsp3) is 0.552. The molecular weight excluding hydrogens is 1000 g/mol. The third kappa shape index (κ3) is 17.5. The summed E-state index contributed by atoms with van der Waals surface area (Å²) in [5.41, 5.74) is 3.62. The van der Waals surface area contributed by atoms with Gasteiger partial charge in [-0.25, -0.2) is 0 Å². The molecule has 0 saturated carbocycles. The number of aliphatic hydroxyl groups is 3. The van der Waals surface area contributed by atoms with E-state index in [1.165, 1.54) is 14.0 Å². The molecule has 3 aliphatic rings. The monoisotopic (exact) mass is 1080 g/mol. The minimum atomic E-state index is -1.76. The summed E-state index contributed by atoms with van der Waals surface area (Å²) in [5.74, 6) is -0.901. The number of halogens is 1. The molecular formula is C58H76ClNO16. The summed E-state index contributed by atoms with van der Waals surface area (Å²) in [6.07, 6.45) is -11.6. The number of hydrogen-bond donors (Lipinski definition) is 4. The average Bonchev–Trinajstić information content (AvgIpc) is 3.50. The summed E-state index contributed by atoms with van der Waals surface area (Å²) in [6, 6.07) is 37.6. The zero-order valence-corrected chi connectivity index (χ0v) is 44.4. The van der Waals surface area contributed by atoms with Crippen LogP contribution in [-0.4, -0.2) is 145 Å². The van der Waals surface area contributed by atoms with Gasteiger partial charge in [-0.2, -0.15) is 0 Å². The highest BCUT2D eigenvalue weighted by Gasteiger charge is 2.56. The molecule has 0 aromatic heterocycles. The first-order valence-corrected chi connectivity index (χ1v) is 27.0. The van der Waals surface area contributed by atoms with Crippen molar-refractivity contribution in [2.75, 3.05) is 26.2 Å². The van der Waals surface area contributed by atoms with Gasteiger partial charge >= 0.3 is 5.97 Å². The Balaban J connectivity index is 1.25. The zero-order valence-electron chi connectivity index (χ0n) is 43.6. The molecule has 18 heteroatoms. The molecule has 416 valence electrons. The molecule has 0 radical (unpaired) electrons. The second-order valence-corrected chi connectivity index (χ2v) is 19.8. The lowest BCUT2D eigenvalue weighted by molar-refractivity contribution is -0.377. The molecule has 4 aromatic carbocycles. The van der Waals surface area contributed by atoms with E-state index in [-0.39, 0.29) is 51.5 Å². The number of carbonyl (C=O) groups excluding carboxylic acids is 2. The van der Waals surface area contributed by atoms with E-state index in [9.17, 15) is 24.9 Å². The highest BCUT2D eigenvalue weighted by atomic mass is 35.5. The van der Waals surface area contributed by atoms with E-state index in [4.69, 9.17) is 63.7 Å². The molecule has 0 bridgehead atoms. The Morgan fingerprint density at radius 2 is 1.04 bits per heavy atom. The number of nitrogens with one attached hydrogen (secondary N) is 1. The molecule has 1 amide bonds. The van der Waals surface area contributed by atoms with E-state index >= 15 is 0 Å². The van der Waals surface area contributed by atoms with E-state index < -0.39 is 98.0 Å². The SMILES string of the molecule is COC(=O)CCCCCCCCO[C@@H]1O[C@H](COCc2ccccc2)[C@@H](O[C@@H]2O[C@H](CCl)[C@H](O)[C@H](O)[C@H]2O)[C@H](O[C@@H]2O[C@@H](C)[C@@H](OCc3ccccc3)[C@@H](OCc3ccccc3)[C@@H]2OCc2ccccc2)[C@H]1NC(C)=O. The van der Waals surface area contributed by atoms with E-state index in [0.717, 1.165) is 54.4 Å². The maximum absolute atomic E-state index is 13.5. The van der Waals surface area contributed by atoms with E-state index in [1.807, 2.05) is 128 Å². The van der Waals surface area contributed by atoms with Crippen LogP contribution in [0.25, 0.3) is 0 Å². The Labute approximate surface area is 451 Å². The zero-order chi connectivity index (χ0) is 53.7. The number of methoxy groups -OCH3 is 1. The van der Waals surface area contributed by atoms with Crippen molar-refractivity contribution in [3.8, 4) is 0 Å². The van der Waals surface area contributed by atoms with Crippen LogP contribution in [0.15, 0.2) is 121 Å². The molecule has 15 atom stereocenters. The van der Waals surface area contributed by atoms with Crippen LogP contribution in [0.4, 0.5) is 0 Å². The van der Waals surface area contributed by atoms with Crippen LogP contribution in [0.3, 0.4) is 0 Å². The third-order valence-corrected chi connectivity index (χ3v) is 14.0. The number of alkyl halides is 1. The minimum Gasteiger partial charge on any atom is -0.469 e. The number of carbonyl (C=O) groups is 2. The molecule has 4 aromatic rings. The van der Waals surface area contributed by atoms with Gasteiger partial charge in [-0.05, 0) is 42.0 Å². The Bertz CT molecular complexity index is 2250. The average molecular weight is 1080 g/mol. The largest absolute Gasteiger partial charge is 0.469 e. The Kier molecular flexibility index (Phi) is 24.4. The molecule has 7 rings (SSSR count). The van der Waals surface area contributed by atoms with Gasteiger partial charge in [0.15, 0.2) is 18.9 Å². The molecule has 0 aliphatic carbocycles. The molecule has 3 heterocycles. The fourth-order valence-corrected chi connectivity index (χ4v) is 9.84. The number of benzene rings is 4. The van der Waals surface area contributed by atoms with Crippen LogP contribution in [0, 0.1) is 0 Å². The van der Waals surface area contributed by atoms with Gasteiger partial charge in [0.05, 0.1) is 52.1 Å². The summed E-state index contributed by atoms with van der Waals surface area (Å²) in [7, 11) is 1.39. The number of rotatable bonds is 29. The lowest BCUT2D eigenvalue weighted by Crippen LogP contribution is -2.70. The Morgan fingerprint density at radius 1 is 0.539 bits per heavy atom. The van der Waals surface area contributed by atoms with Gasteiger partial charge in [0, 0.05) is 20.0 Å². The Hall–Kier alpha value is -4.41. The minimum absolute atomic E-state index is 0.112. The van der Waals surface area contributed by atoms with Gasteiger partial charge in [0.1, 0.15) is 67.1 Å². The third-order valence-electron chi connectivity index (χ3n) is 13.7. The van der Waals surface area contributed by atoms with Crippen molar-refractivity contribution in [3.63, 3.8) is 0 Å². The molecule has 3 aliphatic heterocycles. The molecule has 76 heavy (non-hydrogen) atoms. The highest BCUT2D eigenvalue weighted by molar-refractivity contribution is 6.18. The molecule has 3 fully saturated rings. The standard InChI is InChI=1S/C58H76ClNO16/c1-38-51(69-34-41-24-14-9-15-25-41)54(70-35-42-26-16-10-17-27-42)55(71-36-43-28-18-11-19-29-43)58(72-38)76-53-47(60-39(2)61)56(68-31-21-7-5-4-6-20-30-46(62)66-3)74-45(37-67-33-40-22-12-8-13-23-40)52(53)75-57-50(65)49(64)48(63)44(32-59)73-57/h8-19,22-29,38,44-45,47-58,63-65H,4-7,20-21,30-37H2,1-3H3,(H,60,61)/t38-,44+,45+,47+,48-,49-,50+,51+,52+,53+,54+,55-,56+,57-,58-/m0/s1. The highest BCUT2D eigenvalue weighted by Crippen LogP contribution is 2.37. The number of aliphatic hydroxyl groups excluding tert-OH is 3. The molecule has 0 unspecified atom stereocenters. The van der Waals surface area contributed by atoms with Crippen LogP contribution in [0.1, 0.15) is 81.0 Å². The predicted molar refractivity (Wildman–Crippen MR) is 279 cm³/mol. The second-order valence-electron chi connectivity index (χ2n) is 19.5. The molecule has 3 saturated heterocycles. The topological polar surface area (TPSA) is 208 Å². The van der Waals surface area contributed by atoms with Gasteiger partial charge in [-0.15, -0.1) is 11.6 Å². The van der Waals surface area contributed by atoms with Crippen LogP contribution in [0.2, 0.25) is 0 Å². The summed E-state index contributed by atoms with van der Waals surface area (Å²) >= 11 is 6.24. The van der Waals surface area contributed by atoms with Crippen molar-refractivity contribution in [2.45, 2.75) is 177 Å². The van der Waals surface area contributed by atoms with E-state index in [0.29, 0.717) is 12.8 Å². The van der Waals surface area contributed by atoms with Crippen LogP contribution in [0.5, 0.6) is 0 Å². The molecule has 4 N–H and O–H groups in total. The number of esters is 1. The maximum Gasteiger partial charge on any atom is 0.305 e. The number of amides is 1. The van der Waals surface area contributed by atoms with Gasteiger partial charge < -0.3 is 72.7 Å². The first kappa shape index (κ1) is 59.3. The quantitative estimate of drug-likeness (QED) is 0.0254. The van der Waals surface area contributed by atoms with Crippen LogP contribution < -0.4 is 5.32 Å². The van der Waals surface area contributed by atoms with Gasteiger partial charge in [0.25, 0.3) is 0 Å².